The van der Waals surface area contributed by atoms with E-state index in [1.54, 1.807) is 0 Å². The summed E-state index contributed by atoms with van der Waals surface area (Å²) in [5.74, 6) is 0.733. The minimum Gasteiger partial charge on any atom is -0.329 e. The fourth-order valence-corrected chi connectivity index (χ4v) is 3.04. The van der Waals surface area contributed by atoms with Gasteiger partial charge in [0.15, 0.2) is 10.4 Å². The Labute approximate surface area is 106 Å². The molecule has 1 N–H and O–H groups in total. The van der Waals surface area contributed by atoms with Crippen molar-refractivity contribution in [3.63, 3.8) is 0 Å². The van der Waals surface area contributed by atoms with Gasteiger partial charge in [0.05, 0.1) is 5.52 Å². The summed E-state index contributed by atoms with van der Waals surface area (Å²) in [7, 11) is 0. The predicted octanol–water partition coefficient (Wildman–Crippen LogP) is 3.55. The molecule has 2 heterocycles. The Kier molecular flexibility index (Phi) is 2.20. The number of nitrogens with zero attached hydrogens (tertiary/aromatic N) is 2. The van der Waals surface area contributed by atoms with Crippen LogP contribution in [0.4, 0.5) is 0 Å². The average Bonchev–Trinajstić information content (AvgIpc) is 3.01. The largest absolute Gasteiger partial charge is 0.329 e. The fraction of sp³-hybridized carbons (Fsp3) is 0.538. The van der Waals surface area contributed by atoms with E-state index in [1.807, 2.05) is 13.1 Å². The molecular weight excluding hydrogens is 230 g/mol. The van der Waals surface area contributed by atoms with Gasteiger partial charge >= 0.3 is 0 Å². The first-order chi connectivity index (χ1) is 8.00. The molecular formula is C13H17N3S. The maximum Gasteiger partial charge on any atom is 0.179 e. The van der Waals surface area contributed by atoms with Crippen LogP contribution in [0.1, 0.15) is 32.3 Å². The van der Waals surface area contributed by atoms with E-state index in [9.17, 15) is 0 Å². The molecule has 0 unspecified atom stereocenters. The lowest BCUT2D eigenvalue weighted by molar-refractivity contribution is 0.308. The molecule has 3 rings (SSSR count). The first-order valence-electron chi connectivity index (χ1n) is 6.08. The highest BCUT2D eigenvalue weighted by Gasteiger charge is 2.40. The van der Waals surface area contributed by atoms with E-state index >= 15 is 0 Å². The molecule has 0 amide bonds. The second kappa shape index (κ2) is 3.42. The third kappa shape index (κ3) is 1.62. The van der Waals surface area contributed by atoms with Crippen LogP contribution in [0, 0.1) is 17.6 Å². The fourth-order valence-electron chi connectivity index (χ4n) is 2.61. The average molecular weight is 247 g/mol. The van der Waals surface area contributed by atoms with Crippen molar-refractivity contribution in [3.8, 4) is 0 Å². The lowest BCUT2D eigenvalue weighted by atomic mass is 9.98. The van der Waals surface area contributed by atoms with Gasteiger partial charge in [-0.15, -0.1) is 0 Å². The van der Waals surface area contributed by atoms with E-state index in [0.717, 1.165) is 27.4 Å². The van der Waals surface area contributed by atoms with Crippen molar-refractivity contribution in [1.82, 2.24) is 14.5 Å². The summed E-state index contributed by atoms with van der Waals surface area (Å²) in [5, 5.41) is 0. The van der Waals surface area contributed by atoms with Gasteiger partial charge in [-0.25, -0.2) is 4.98 Å². The van der Waals surface area contributed by atoms with E-state index in [1.165, 1.54) is 12.8 Å². The number of hydrogen-bond acceptors (Lipinski definition) is 2. The van der Waals surface area contributed by atoms with E-state index in [0.29, 0.717) is 0 Å². The normalized spacial score (nSPS) is 16.6. The van der Waals surface area contributed by atoms with E-state index < -0.39 is 0 Å². The highest BCUT2D eigenvalue weighted by Crippen LogP contribution is 2.44. The predicted molar refractivity (Wildman–Crippen MR) is 71.7 cm³/mol. The van der Waals surface area contributed by atoms with Crippen LogP contribution >= 0.6 is 12.2 Å². The minimum absolute atomic E-state index is 0.0671. The van der Waals surface area contributed by atoms with Gasteiger partial charge in [0.1, 0.15) is 0 Å². The highest BCUT2D eigenvalue weighted by atomic mass is 32.1. The number of pyridine rings is 1. The first kappa shape index (κ1) is 11.0. The Balaban J connectivity index is 2.28. The molecule has 0 aliphatic heterocycles. The van der Waals surface area contributed by atoms with Crippen molar-refractivity contribution >= 4 is 23.4 Å². The molecule has 0 atom stereocenters. The summed E-state index contributed by atoms with van der Waals surface area (Å²) in [6.07, 6.45) is 4.51. The third-order valence-electron chi connectivity index (χ3n) is 3.81. The molecule has 90 valence electrons. The molecule has 3 nitrogen and oxygen atoms in total. The summed E-state index contributed by atoms with van der Waals surface area (Å²) < 4.78 is 2.98. The van der Waals surface area contributed by atoms with Crippen LogP contribution in [0.3, 0.4) is 0 Å². The molecule has 4 heteroatoms. The number of fused-ring (bicyclic) bond motifs is 1. The standard InChI is InChI=1S/C13H17N3S/c1-8-6-10-11(14-7-8)16(12(17)15-10)13(2,3)9-4-5-9/h6-7,9H,4-5H2,1-3H3,(H,15,17). The Hall–Kier alpha value is -1.16. The molecule has 1 fully saturated rings. The van der Waals surface area contributed by atoms with Crippen molar-refractivity contribution in [2.45, 2.75) is 39.2 Å². The molecule has 1 aliphatic rings. The number of nitrogens with one attached hydrogen (secondary N) is 1. The number of H-pyrrole nitrogens is 1. The number of hydrogen-bond donors (Lipinski definition) is 1. The number of imidazole rings is 1. The lowest BCUT2D eigenvalue weighted by Gasteiger charge is -2.26. The third-order valence-corrected chi connectivity index (χ3v) is 4.10. The number of rotatable bonds is 2. The zero-order valence-electron chi connectivity index (χ0n) is 10.4. The van der Waals surface area contributed by atoms with Crippen LogP contribution in [-0.2, 0) is 5.54 Å². The van der Waals surface area contributed by atoms with Crippen molar-refractivity contribution < 1.29 is 0 Å². The van der Waals surface area contributed by atoms with Crippen LogP contribution in [0.5, 0.6) is 0 Å². The van der Waals surface area contributed by atoms with Gasteiger partial charge < -0.3 is 4.98 Å². The summed E-state index contributed by atoms with van der Waals surface area (Å²) in [4.78, 5) is 7.81. The molecule has 0 aromatic carbocycles. The smallest absolute Gasteiger partial charge is 0.179 e. The molecule has 2 aromatic rings. The molecule has 1 aliphatic carbocycles. The quantitative estimate of drug-likeness (QED) is 0.823. The Morgan fingerprint density at radius 3 is 2.82 bits per heavy atom. The number of aryl methyl sites for hydroxylation is 1. The van der Waals surface area contributed by atoms with Gasteiger partial charge in [0.2, 0.25) is 0 Å². The highest BCUT2D eigenvalue weighted by molar-refractivity contribution is 7.71. The van der Waals surface area contributed by atoms with Crippen LogP contribution in [0.25, 0.3) is 11.2 Å². The Morgan fingerprint density at radius 2 is 2.18 bits per heavy atom. The summed E-state index contributed by atoms with van der Waals surface area (Å²) in [5.41, 5.74) is 3.25. The van der Waals surface area contributed by atoms with Gasteiger partial charge in [0, 0.05) is 11.7 Å². The molecule has 2 aromatic heterocycles. The summed E-state index contributed by atoms with van der Waals surface area (Å²) >= 11 is 5.46. The molecule has 0 radical (unpaired) electrons. The van der Waals surface area contributed by atoms with Crippen LogP contribution in [0.15, 0.2) is 12.3 Å². The lowest BCUT2D eigenvalue weighted by Crippen LogP contribution is -2.29. The van der Waals surface area contributed by atoms with Gasteiger partial charge in [-0.05, 0) is 63.4 Å². The first-order valence-corrected chi connectivity index (χ1v) is 6.49. The number of aromatic amines is 1. The van der Waals surface area contributed by atoms with Crippen molar-refractivity contribution in [1.29, 1.82) is 0 Å². The second-order valence-corrected chi connectivity index (χ2v) is 5.96. The molecule has 0 saturated heterocycles. The van der Waals surface area contributed by atoms with Crippen LogP contribution in [0.2, 0.25) is 0 Å². The van der Waals surface area contributed by atoms with Crippen molar-refractivity contribution in [2.75, 3.05) is 0 Å². The molecule has 17 heavy (non-hydrogen) atoms. The maximum atomic E-state index is 5.46. The monoisotopic (exact) mass is 247 g/mol. The van der Waals surface area contributed by atoms with E-state index in [-0.39, 0.29) is 5.54 Å². The summed E-state index contributed by atoms with van der Waals surface area (Å²) in [6, 6.07) is 2.11. The summed E-state index contributed by atoms with van der Waals surface area (Å²) in [6.45, 7) is 6.57. The SMILES string of the molecule is Cc1cnc2c(c1)[nH]c(=S)n2C(C)(C)C1CC1. The van der Waals surface area contributed by atoms with Crippen molar-refractivity contribution in [3.05, 3.63) is 22.6 Å². The van der Waals surface area contributed by atoms with E-state index in [2.05, 4.69) is 34.4 Å². The molecule has 1 saturated carbocycles. The zero-order valence-corrected chi connectivity index (χ0v) is 11.3. The van der Waals surface area contributed by atoms with Crippen molar-refractivity contribution in [2.24, 2.45) is 5.92 Å². The molecule has 0 bridgehead atoms. The maximum absolute atomic E-state index is 5.46. The zero-order chi connectivity index (χ0) is 12.2. The topological polar surface area (TPSA) is 33.6 Å². The Morgan fingerprint density at radius 1 is 1.47 bits per heavy atom. The van der Waals surface area contributed by atoms with Crippen LogP contribution < -0.4 is 0 Å². The van der Waals surface area contributed by atoms with Gasteiger partial charge in [-0.2, -0.15) is 0 Å². The van der Waals surface area contributed by atoms with Gasteiger partial charge in [0.25, 0.3) is 0 Å². The van der Waals surface area contributed by atoms with E-state index in [4.69, 9.17) is 12.2 Å². The second-order valence-electron chi connectivity index (χ2n) is 5.58. The van der Waals surface area contributed by atoms with Crippen LogP contribution in [-0.4, -0.2) is 14.5 Å². The number of aromatic nitrogens is 3. The van der Waals surface area contributed by atoms with Gasteiger partial charge in [-0.1, -0.05) is 0 Å². The Bertz CT molecular complexity index is 632. The minimum atomic E-state index is 0.0671. The molecule has 0 spiro atoms. The van der Waals surface area contributed by atoms with Gasteiger partial charge in [-0.3, -0.25) is 4.57 Å².